The van der Waals surface area contributed by atoms with Gasteiger partial charge in [-0.2, -0.15) is 0 Å². The van der Waals surface area contributed by atoms with Gasteiger partial charge >= 0.3 is 0 Å². The molecule has 0 bridgehead atoms. The van der Waals surface area contributed by atoms with Crippen LogP contribution in [0.5, 0.6) is 0 Å². The number of carbonyl (C=O) groups is 1. The van der Waals surface area contributed by atoms with Gasteiger partial charge in [0.2, 0.25) is 5.91 Å². The summed E-state index contributed by atoms with van der Waals surface area (Å²) in [4.78, 5) is 14.5. The molecular formula is C13H26N2O. The second-order valence-corrected chi connectivity index (χ2v) is 5.10. The van der Waals surface area contributed by atoms with Gasteiger partial charge in [0.15, 0.2) is 0 Å². The molecule has 1 fully saturated rings. The number of nitrogens with zero attached hydrogens (tertiary/aromatic N) is 1. The first kappa shape index (κ1) is 13.5. The average Bonchev–Trinajstić information content (AvgIpc) is 2.52. The smallest absolute Gasteiger partial charge is 0.244 e. The molecule has 0 aromatic rings. The van der Waals surface area contributed by atoms with Crippen LogP contribution in [0.15, 0.2) is 0 Å². The highest BCUT2D eigenvalue weighted by Crippen LogP contribution is 2.28. The molecule has 3 nitrogen and oxygen atoms in total. The van der Waals surface area contributed by atoms with Crippen LogP contribution in [0.2, 0.25) is 0 Å². The molecule has 3 heteroatoms. The van der Waals surface area contributed by atoms with E-state index in [0.29, 0.717) is 6.04 Å². The van der Waals surface area contributed by atoms with Crippen molar-refractivity contribution in [3.05, 3.63) is 0 Å². The van der Waals surface area contributed by atoms with Crippen LogP contribution in [0.4, 0.5) is 0 Å². The fraction of sp³-hybridized carbons (Fsp3) is 0.923. The van der Waals surface area contributed by atoms with Crippen molar-refractivity contribution in [3.63, 3.8) is 0 Å². The molecule has 0 radical (unpaired) electrons. The van der Waals surface area contributed by atoms with Gasteiger partial charge in [0, 0.05) is 6.04 Å². The molecule has 1 heterocycles. The zero-order valence-electron chi connectivity index (χ0n) is 11.3. The maximum absolute atomic E-state index is 12.4. The van der Waals surface area contributed by atoms with Gasteiger partial charge in [-0.05, 0) is 33.1 Å². The number of amides is 1. The summed E-state index contributed by atoms with van der Waals surface area (Å²) < 4.78 is 0. The molecule has 1 saturated heterocycles. The van der Waals surface area contributed by atoms with Crippen molar-refractivity contribution in [2.24, 2.45) is 0 Å². The van der Waals surface area contributed by atoms with Crippen LogP contribution in [-0.4, -0.2) is 28.6 Å². The topological polar surface area (TPSA) is 32.3 Å². The summed E-state index contributed by atoms with van der Waals surface area (Å²) in [6, 6.07) is 0.338. The quantitative estimate of drug-likeness (QED) is 0.781. The first-order valence-electron chi connectivity index (χ1n) is 6.60. The number of rotatable bonds is 5. The molecular weight excluding hydrogens is 200 g/mol. The lowest BCUT2D eigenvalue weighted by Crippen LogP contribution is -2.44. The summed E-state index contributed by atoms with van der Waals surface area (Å²) in [5, 5.41) is 3.51. The van der Waals surface area contributed by atoms with Crippen LogP contribution in [0.1, 0.15) is 60.3 Å². The maximum atomic E-state index is 12.4. The number of hydrogen-bond donors (Lipinski definition) is 1. The van der Waals surface area contributed by atoms with E-state index in [4.69, 9.17) is 0 Å². The van der Waals surface area contributed by atoms with E-state index < -0.39 is 0 Å². The van der Waals surface area contributed by atoms with Gasteiger partial charge in [-0.15, -0.1) is 0 Å². The van der Waals surface area contributed by atoms with E-state index in [2.05, 4.69) is 37.9 Å². The van der Waals surface area contributed by atoms with Gasteiger partial charge in [0.1, 0.15) is 0 Å². The molecule has 3 atom stereocenters. The molecule has 0 saturated carbocycles. The van der Waals surface area contributed by atoms with Crippen molar-refractivity contribution in [2.45, 2.75) is 78.0 Å². The average molecular weight is 226 g/mol. The lowest BCUT2D eigenvalue weighted by Gasteiger charge is -2.29. The lowest BCUT2D eigenvalue weighted by molar-refractivity contribution is -0.134. The van der Waals surface area contributed by atoms with Crippen molar-refractivity contribution in [2.75, 3.05) is 0 Å². The largest absolute Gasteiger partial charge is 0.323 e. The van der Waals surface area contributed by atoms with Crippen molar-refractivity contribution in [1.29, 1.82) is 0 Å². The van der Waals surface area contributed by atoms with E-state index >= 15 is 0 Å². The Labute approximate surface area is 99.6 Å². The molecule has 1 amide bonds. The fourth-order valence-corrected chi connectivity index (χ4v) is 2.37. The SMILES string of the molecule is CCCC1NC(C)(CC)C(=O)N1C(C)CC. The first-order valence-corrected chi connectivity index (χ1v) is 6.60. The first-order chi connectivity index (χ1) is 7.50. The Morgan fingerprint density at radius 1 is 1.44 bits per heavy atom. The van der Waals surface area contributed by atoms with Crippen LogP contribution in [0, 0.1) is 0 Å². The molecule has 0 aliphatic carbocycles. The molecule has 1 aliphatic heterocycles. The summed E-state index contributed by atoms with van der Waals surface area (Å²) in [7, 11) is 0. The Bertz CT molecular complexity index is 254. The minimum Gasteiger partial charge on any atom is -0.323 e. The predicted octanol–water partition coefficient (Wildman–Crippen LogP) is 2.51. The molecule has 0 spiro atoms. The number of nitrogens with one attached hydrogen (secondary N) is 1. The summed E-state index contributed by atoms with van der Waals surface area (Å²) >= 11 is 0. The molecule has 16 heavy (non-hydrogen) atoms. The number of carbonyl (C=O) groups excluding carboxylic acids is 1. The third kappa shape index (κ3) is 2.24. The van der Waals surface area contributed by atoms with Gasteiger partial charge < -0.3 is 4.90 Å². The van der Waals surface area contributed by atoms with E-state index in [1.54, 1.807) is 0 Å². The Morgan fingerprint density at radius 2 is 2.06 bits per heavy atom. The van der Waals surface area contributed by atoms with Gasteiger partial charge in [-0.3, -0.25) is 10.1 Å². The van der Waals surface area contributed by atoms with Crippen LogP contribution in [0.25, 0.3) is 0 Å². The van der Waals surface area contributed by atoms with E-state index in [0.717, 1.165) is 25.7 Å². The fourth-order valence-electron chi connectivity index (χ4n) is 2.37. The molecule has 0 aromatic heterocycles. The Kier molecular flexibility index (Phi) is 4.36. The Balaban J connectivity index is 2.89. The third-order valence-electron chi connectivity index (χ3n) is 3.86. The summed E-state index contributed by atoms with van der Waals surface area (Å²) in [5.74, 6) is 0.280. The van der Waals surface area contributed by atoms with E-state index in [1.165, 1.54) is 0 Å². The van der Waals surface area contributed by atoms with Crippen LogP contribution >= 0.6 is 0 Å². The third-order valence-corrected chi connectivity index (χ3v) is 3.86. The van der Waals surface area contributed by atoms with Crippen molar-refractivity contribution in [3.8, 4) is 0 Å². The Hall–Kier alpha value is -0.570. The molecule has 3 unspecified atom stereocenters. The molecule has 1 rings (SSSR count). The second-order valence-electron chi connectivity index (χ2n) is 5.10. The zero-order chi connectivity index (χ0) is 12.3. The van der Waals surface area contributed by atoms with Crippen molar-refractivity contribution in [1.82, 2.24) is 10.2 Å². The van der Waals surface area contributed by atoms with E-state index in [1.807, 2.05) is 6.92 Å². The van der Waals surface area contributed by atoms with E-state index in [9.17, 15) is 4.79 Å². The second kappa shape index (κ2) is 5.17. The van der Waals surface area contributed by atoms with E-state index in [-0.39, 0.29) is 17.6 Å². The molecule has 1 aliphatic rings. The minimum absolute atomic E-state index is 0.234. The van der Waals surface area contributed by atoms with Crippen LogP contribution in [-0.2, 0) is 4.79 Å². The summed E-state index contributed by atoms with van der Waals surface area (Å²) in [5.41, 5.74) is -0.344. The van der Waals surface area contributed by atoms with Gasteiger partial charge in [0.25, 0.3) is 0 Å². The summed E-state index contributed by atoms with van der Waals surface area (Å²) in [6.07, 6.45) is 4.27. The van der Waals surface area contributed by atoms with Crippen LogP contribution in [0.3, 0.4) is 0 Å². The predicted molar refractivity (Wildman–Crippen MR) is 67.1 cm³/mol. The highest BCUT2D eigenvalue weighted by molar-refractivity contribution is 5.88. The highest BCUT2D eigenvalue weighted by Gasteiger charge is 2.47. The van der Waals surface area contributed by atoms with Gasteiger partial charge in [-0.1, -0.05) is 27.2 Å². The monoisotopic (exact) mass is 226 g/mol. The standard InChI is InChI=1S/C13H26N2O/c1-6-9-11-14-13(5,8-3)12(16)15(11)10(4)7-2/h10-11,14H,6-9H2,1-5H3. The van der Waals surface area contributed by atoms with Crippen LogP contribution < -0.4 is 5.32 Å². The van der Waals surface area contributed by atoms with Gasteiger partial charge in [-0.25, -0.2) is 0 Å². The number of hydrogen-bond acceptors (Lipinski definition) is 2. The normalized spacial score (nSPS) is 32.2. The molecule has 1 N–H and O–H groups in total. The molecule has 94 valence electrons. The highest BCUT2D eigenvalue weighted by atomic mass is 16.2. The summed E-state index contributed by atoms with van der Waals surface area (Å²) in [6.45, 7) is 10.6. The Morgan fingerprint density at radius 3 is 2.50 bits per heavy atom. The zero-order valence-corrected chi connectivity index (χ0v) is 11.3. The lowest BCUT2D eigenvalue weighted by atomic mass is 9.99. The van der Waals surface area contributed by atoms with Crippen molar-refractivity contribution < 1.29 is 4.79 Å². The minimum atomic E-state index is -0.344. The van der Waals surface area contributed by atoms with Crippen molar-refractivity contribution >= 4 is 5.91 Å². The maximum Gasteiger partial charge on any atom is 0.244 e. The van der Waals surface area contributed by atoms with Gasteiger partial charge in [0.05, 0.1) is 11.7 Å². The molecule has 0 aromatic carbocycles.